The minimum absolute atomic E-state index is 0.111. The Morgan fingerprint density at radius 1 is 1.23 bits per heavy atom. The average molecular weight is 439 g/mol. The van der Waals surface area contributed by atoms with E-state index in [2.05, 4.69) is 31.1 Å². The Morgan fingerprint density at radius 3 is 2.43 bits per heavy atom. The first-order chi connectivity index (χ1) is 14.1. The van der Waals surface area contributed by atoms with Crippen LogP contribution in [0, 0.1) is 17.8 Å². The van der Waals surface area contributed by atoms with Gasteiger partial charge < -0.3 is 20.1 Å². The molecule has 1 fully saturated rings. The molecule has 2 rings (SSSR count). The van der Waals surface area contributed by atoms with E-state index in [0.29, 0.717) is 41.3 Å². The van der Waals surface area contributed by atoms with Crippen LogP contribution in [-0.4, -0.2) is 45.7 Å². The topological polar surface area (TPSA) is 91.4 Å². The number of anilines is 1. The molecule has 0 aliphatic heterocycles. The van der Waals surface area contributed by atoms with Crippen LogP contribution in [0.25, 0.3) is 0 Å². The number of hydrogen-bond acceptors (Lipinski definition) is 5. The van der Waals surface area contributed by atoms with Crippen LogP contribution in [0.1, 0.15) is 82.6 Å². The molecule has 7 heteroatoms. The van der Waals surface area contributed by atoms with Crippen LogP contribution in [0.3, 0.4) is 0 Å². The number of H-pyrrole nitrogens is 1. The van der Waals surface area contributed by atoms with E-state index in [1.165, 1.54) is 11.8 Å². The van der Waals surface area contributed by atoms with E-state index in [9.17, 15) is 9.59 Å². The zero-order valence-electron chi connectivity index (χ0n) is 19.2. The molecule has 3 unspecified atom stereocenters. The Bertz CT molecular complexity index is 706. The van der Waals surface area contributed by atoms with Gasteiger partial charge in [-0.25, -0.2) is 4.79 Å². The number of amides is 1. The van der Waals surface area contributed by atoms with Crippen molar-refractivity contribution < 1.29 is 19.4 Å². The fourth-order valence-electron chi connectivity index (χ4n) is 4.45. The van der Waals surface area contributed by atoms with Gasteiger partial charge in [0.1, 0.15) is 17.5 Å². The first-order valence-electron chi connectivity index (χ1n) is 11.1. The molecule has 0 aromatic carbocycles. The maximum Gasteiger partial charge on any atom is 0.342 e. The van der Waals surface area contributed by atoms with Gasteiger partial charge in [-0.3, -0.25) is 4.79 Å². The maximum absolute atomic E-state index is 13.2. The Hall–Kier alpha value is -1.47. The fraction of sp³-hybridized carbons (Fsp3) is 0.739. The van der Waals surface area contributed by atoms with Crippen molar-refractivity contribution in [2.24, 2.45) is 17.8 Å². The molecule has 30 heavy (non-hydrogen) atoms. The second-order valence-electron chi connectivity index (χ2n) is 9.13. The van der Waals surface area contributed by atoms with Crippen LogP contribution in [0.15, 0.2) is 6.20 Å². The van der Waals surface area contributed by atoms with Crippen LogP contribution < -0.4 is 5.32 Å². The summed E-state index contributed by atoms with van der Waals surface area (Å²) in [6.07, 6.45) is 4.43. The van der Waals surface area contributed by atoms with Gasteiger partial charge in [-0.1, -0.05) is 34.6 Å². The average Bonchev–Trinajstić information content (AvgIpc) is 3.08. The second kappa shape index (κ2) is 11.2. The van der Waals surface area contributed by atoms with Gasteiger partial charge in [0.2, 0.25) is 5.91 Å². The molecule has 0 spiro atoms. The molecular weight excluding hydrogens is 400 g/mol. The normalized spacial score (nSPS) is 25.2. The number of ether oxygens (including phenoxy) is 1. The van der Waals surface area contributed by atoms with Crippen molar-refractivity contribution >= 4 is 29.5 Å². The summed E-state index contributed by atoms with van der Waals surface area (Å²) in [5.74, 6) is 1.97. The van der Waals surface area contributed by atoms with Gasteiger partial charge >= 0.3 is 5.97 Å². The summed E-state index contributed by atoms with van der Waals surface area (Å²) in [6.45, 7) is 12.5. The number of rotatable bonds is 9. The lowest BCUT2D eigenvalue weighted by molar-refractivity contribution is -0.115. The van der Waals surface area contributed by atoms with Gasteiger partial charge in [0, 0.05) is 12.8 Å². The molecule has 1 heterocycles. The Kier molecular flexibility index (Phi) is 9.29. The Balaban J connectivity index is 2.17. The first kappa shape index (κ1) is 24.8. The summed E-state index contributed by atoms with van der Waals surface area (Å²) in [7, 11) is 0. The lowest BCUT2D eigenvalue weighted by atomic mass is 9.75. The SMILES string of the molecule is CC1CC(C)C(OC(=O)c2c(C(C)C)c[nH]c2NC(=O)C(C)SCCCO)C(C)C1. The summed E-state index contributed by atoms with van der Waals surface area (Å²) in [5, 5.41) is 11.5. The zero-order valence-corrected chi connectivity index (χ0v) is 20.0. The van der Waals surface area contributed by atoms with Crippen molar-refractivity contribution in [3.05, 3.63) is 17.3 Å². The van der Waals surface area contributed by atoms with Crippen molar-refractivity contribution in [2.75, 3.05) is 17.7 Å². The molecule has 1 aromatic heterocycles. The monoisotopic (exact) mass is 438 g/mol. The number of carbonyl (C=O) groups excluding carboxylic acids is 2. The summed E-state index contributed by atoms with van der Waals surface area (Å²) >= 11 is 1.48. The predicted molar refractivity (Wildman–Crippen MR) is 123 cm³/mol. The van der Waals surface area contributed by atoms with Crippen LogP contribution in [0.2, 0.25) is 0 Å². The summed E-state index contributed by atoms with van der Waals surface area (Å²) in [4.78, 5) is 28.9. The van der Waals surface area contributed by atoms with Crippen LogP contribution in [-0.2, 0) is 9.53 Å². The lowest BCUT2D eigenvalue weighted by Crippen LogP contribution is -2.37. The number of carbonyl (C=O) groups is 2. The van der Waals surface area contributed by atoms with E-state index in [-0.39, 0.29) is 35.8 Å². The summed E-state index contributed by atoms with van der Waals surface area (Å²) in [5.41, 5.74) is 1.28. The predicted octanol–water partition coefficient (Wildman–Crippen LogP) is 4.81. The van der Waals surface area contributed by atoms with Crippen molar-refractivity contribution in [3.8, 4) is 0 Å². The molecule has 1 saturated carbocycles. The van der Waals surface area contributed by atoms with Gasteiger partial charge in [-0.2, -0.15) is 0 Å². The van der Waals surface area contributed by atoms with Gasteiger partial charge in [-0.15, -0.1) is 11.8 Å². The number of hydrogen-bond donors (Lipinski definition) is 3. The molecule has 0 saturated heterocycles. The van der Waals surface area contributed by atoms with Crippen molar-refractivity contribution in [1.82, 2.24) is 4.98 Å². The van der Waals surface area contributed by atoms with Crippen LogP contribution >= 0.6 is 11.8 Å². The number of thioether (sulfide) groups is 1. The van der Waals surface area contributed by atoms with E-state index in [4.69, 9.17) is 9.84 Å². The molecule has 1 aromatic rings. The summed E-state index contributed by atoms with van der Waals surface area (Å²) in [6, 6.07) is 0. The highest BCUT2D eigenvalue weighted by Gasteiger charge is 2.35. The Morgan fingerprint density at radius 2 is 1.87 bits per heavy atom. The molecule has 6 nitrogen and oxygen atoms in total. The van der Waals surface area contributed by atoms with Crippen molar-refractivity contribution in [3.63, 3.8) is 0 Å². The third-order valence-corrected chi connectivity index (χ3v) is 7.18. The maximum atomic E-state index is 13.2. The molecular formula is C23H38N2O4S. The quantitative estimate of drug-likeness (QED) is 0.380. The van der Waals surface area contributed by atoms with Crippen molar-refractivity contribution in [2.45, 2.75) is 78.1 Å². The largest absolute Gasteiger partial charge is 0.458 e. The molecule has 0 radical (unpaired) electrons. The molecule has 170 valence electrons. The first-order valence-corrected chi connectivity index (χ1v) is 12.2. The number of aromatic nitrogens is 1. The third-order valence-electron chi connectivity index (χ3n) is 5.94. The van der Waals surface area contributed by atoms with E-state index in [0.717, 1.165) is 18.4 Å². The van der Waals surface area contributed by atoms with Gasteiger partial charge in [0.05, 0.1) is 5.25 Å². The molecule has 0 bridgehead atoms. The number of esters is 1. The van der Waals surface area contributed by atoms with Crippen LogP contribution in [0.5, 0.6) is 0 Å². The number of aliphatic hydroxyl groups is 1. The molecule has 1 aliphatic rings. The van der Waals surface area contributed by atoms with E-state index < -0.39 is 0 Å². The molecule has 3 N–H and O–H groups in total. The Labute approximate surface area is 184 Å². The molecule has 1 amide bonds. The zero-order chi connectivity index (χ0) is 22.4. The minimum Gasteiger partial charge on any atom is -0.458 e. The highest BCUT2D eigenvalue weighted by atomic mass is 32.2. The molecule has 1 aliphatic carbocycles. The fourth-order valence-corrected chi connectivity index (χ4v) is 5.31. The standard InChI is InChI=1S/C23H38N2O4S/c1-13(2)18-12-24-21(25-22(27)17(6)30-9-7-8-26)19(18)23(28)29-20-15(4)10-14(3)11-16(20)5/h12-17,20,24,26H,7-11H2,1-6H3,(H,25,27). The second-order valence-corrected chi connectivity index (χ2v) is 10.6. The van der Waals surface area contributed by atoms with E-state index in [1.807, 2.05) is 20.8 Å². The van der Waals surface area contributed by atoms with Gasteiger partial charge in [0.15, 0.2) is 0 Å². The molecule has 3 atom stereocenters. The van der Waals surface area contributed by atoms with E-state index in [1.54, 1.807) is 6.20 Å². The minimum atomic E-state index is -0.367. The number of nitrogens with one attached hydrogen (secondary N) is 2. The smallest absolute Gasteiger partial charge is 0.342 e. The highest BCUT2D eigenvalue weighted by Crippen LogP contribution is 2.36. The summed E-state index contributed by atoms with van der Waals surface area (Å²) < 4.78 is 6.02. The third kappa shape index (κ3) is 6.27. The van der Waals surface area contributed by atoms with Gasteiger partial charge in [0.25, 0.3) is 0 Å². The van der Waals surface area contributed by atoms with Crippen molar-refractivity contribution in [1.29, 1.82) is 0 Å². The highest BCUT2D eigenvalue weighted by molar-refractivity contribution is 8.00. The van der Waals surface area contributed by atoms with Crippen LogP contribution in [0.4, 0.5) is 5.82 Å². The van der Waals surface area contributed by atoms with Gasteiger partial charge in [-0.05, 0) is 61.2 Å². The van der Waals surface area contributed by atoms with E-state index >= 15 is 0 Å². The number of aromatic amines is 1. The lowest BCUT2D eigenvalue weighted by Gasteiger charge is -2.37. The number of aliphatic hydroxyl groups excluding tert-OH is 1.